The molecule has 0 atom stereocenters. The average Bonchev–Trinajstić information content (AvgIpc) is 2.44. The Morgan fingerprint density at radius 2 is 1.68 bits per heavy atom. The molecule has 1 amide bonds. The van der Waals surface area contributed by atoms with Crippen molar-refractivity contribution in [3.05, 3.63) is 46.1 Å². The Balaban J connectivity index is 2.58. The van der Waals surface area contributed by atoms with Crippen LogP contribution in [0, 0.1) is 0 Å². The van der Waals surface area contributed by atoms with Gasteiger partial charge in [-0.2, -0.15) is 0 Å². The molecule has 0 saturated carbocycles. The summed E-state index contributed by atoms with van der Waals surface area (Å²) >= 11 is 11.4. The number of fused-ring (bicyclic) bond motifs is 1. The molecule has 0 fully saturated rings. The second kappa shape index (κ2) is 5.15. The number of carbonyl (C=O) groups is 3. The number of hydrogen-bond acceptors (Lipinski definition) is 3. The molecule has 1 aromatic carbocycles. The minimum atomic E-state index is -0.504. The van der Waals surface area contributed by atoms with Crippen LogP contribution in [0.15, 0.2) is 35.0 Å². The predicted octanol–water partition coefficient (Wildman–Crippen LogP) is 2.21. The Bertz CT molecular complexity index is 622. The van der Waals surface area contributed by atoms with Gasteiger partial charge in [0.25, 0.3) is 0 Å². The molecular weight excluding hydrogens is 289 g/mol. The van der Waals surface area contributed by atoms with E-state index < -0.39 is 17.5 Å². The number of nitrogens with zero attached hydrogens (tertiary/aromatic N) is 1. The molecule has 1 aromatic rings. The van der Waals surface area contributed by atoms with Crippen LogP contribution in [-0.4, -0.2) is 35.3 Å². The summed E-state index contributed by atoms with van der Waals surface area (Å²) < 4.78 is 0. The van der Waals surface area contributed by atoms with Crippen molar-refractivity contribution in [3.8, 4) is 0 Å². The van der Waals surface area contributed by atoms with Crippen molar-refractivity contribution in [2.45, 2.75) is 0 Å². The quantitative estimate of drug-likeness (QED) is 0.787. The van der Waals surface area contributed by atoms with E-state index in [2.05, 4.69) is 0 Å². The Labute approximate surface area is 119 Å². The maximum Gasteiger partial charge on any atom is 0.241 e. The summed E-state index contributed by atoms with van der Waals surface area (Å²) in [4.78, 5) is 37.0. The maximum atomic E-state index is 12.3. The molecule has 1 aliphatic rings. The lowest BCUT2D eigenvalue weighted by molar-refractivity contribution is -0.125. The van der Waals surface area contributed by atoms with Crippen LogP contribution in [0.1, 0.15) is 20.7 Å². The van der Waals surface area contributed by atoms with Gasteiger partial charge >= 0.3 is 0 Å². The number of hydrogen-bond donors (Lipinski definition) is 0. The second-order valence-electron chi connectivity index (χ2n) is 3.95. The van der Waals surface area contributed by atoms with Gasteiger partial charge < -0.3 is 4.90 Å². The van der Waals surface area contributed by atoms with Crippen LogP contribution >= 0.6 is 23.2 Å². The van der Waals surface area contributed by atoms with Crippen molar-refractivity contribution < 1.29 is 14.4 Å². The van der Waals surface area contributed by atoms with E-state index in [1.807, 2.05) is 0 Å². The molecule has 2 rings (SSSR count). The van der Waals surface area contributed by atoms with Crippen LogP contribution in [0.3, 0.4) is 0 Å². The van der Waals surface area contributed by atoms with Gasteiger partial charge in [0.05, 0.1) is 0 Å². The first-order chi connectivity index (χ1) is 8.99. The van der Waals surface area contributed by atoms with E-state index in [9.17, 15) is 14.4 Å². The van der Waals surface area contributed by atoms with E-state index >= 15 is 0 Å². The number of rotatable bonds is 2. The van der Waals surface area contributed by atoms with Gasteiger partial charge in [-0.15, -0.1) is 11.6 Å². The van der Waals surface area contributed by atoms with Crippen molar-refractivity contribution in [1.29, 1.82) is 0 Å². The highest BCUT2D eigenvalue weighted by atomic mass is 35.5. The number of amides is 1. The first kappa shape index (κ1) is 13.8. The van der Waals surface area contributed by atoms with E-state index in [-0.39, 0.29) is 27.7 Å². The fourth-order valence-corrected chi connectivity index (χ4v) is 2.34. The van der Waals surface area contributed by atoms with E-state index in [0.717, 1.165) is 4.90 Å². The highest BCUT2D eigenvalue weighted by Gasteiger charge is 2.34. The van der Waals surface area contributed by atoms with Crippen molar-refractivity contribution in [2.24, 2.45) is 0 Å². The predicted molar refractivity (Wildman–Crippen MR) is 71.5 cm³/mol. The second-order valence-corrected chi connectivity index (χ2v) is 4.60. The number of benzene rings is 1. The molecule has 6 heteroatoms. The number of likely N-dealkylation sites (N-methyl/N-ethyl adjacent to an activating group) is 1. The summed E-state index contributed by atoms with van der Waals surface area (Å²) in [6, 6.07) is 6.34. The largest absolute Gasteiger partial charge is 0.310 e. The summed E-state index contributed by atoms with van der Waals surface area (Å²) in [5.74, 6) is -1.73. The maximum absolute atomic E-state index is 12.3. The average molecular weight is 298 g/mol. The minimum absolute atomic E-state index is 0.129. The monoisotopic (exact) mass is 297 g/mol. The molecular formula is C13H9Cl2NO3. The molecule has 0 aromatic heterocycles. The van der Waals surface area contributed by atoms with E-state index in [1.165, 1.54) is 19.2 Å². The minimum Gasteiger partial charge on any atom is -0.310 e. The molecule has 19 heavy (non-hydrogen) atoms. The molecule has 98 valence electrons. The van der Waals surface area contributed by atoms with E-state index in [4.69, 9.17) is 23.2 Å². The van der Waals surface area contributed by atoms with Gasteiger partial charge in [-0.05, 0) is 0 Å². The molecule has 0 saturated heterocycles. The van der Waals surface area contributed by atoms with Crippen LogP contribution < -0.4 is 0 Å². The summed E-state index contributed by atoms with van der Waals surface area (Å²) in [7, 11) is 1.36. The van der Waals surface area contributed by atoms with Crippen molar-refractivity contribution in [3.63, 3.8) is 0 Å². The number of alkyl halides is 1. The van der Waals surface area contributed by atoms with Gasteiger partial charge in [-0.25, -0.2) is 0 Å². The number of ketones is 2. The van der Waals surface area contributed by atoms with Gasteiger partial charge in [0.15, 0.2) is 0 Å². The van der Waals surface area contributed by atoms with E-state index in [1.54, 1.807) is 12.1 Å². The molecule has 0 N–H and O–H groups in total. The van der Waals surface area contributed by atoms with Gasteiger partial charge in [0, 0.05) is 18.2 Å². The van der Waals surface area contributed by atoms with Crippen LogP contribution in [0.4, 0.5) is 0 Å². The normalized spacial score (nSPS) is 14.5. The zero-order valence-corrected chi connectivity index (χ0v) is 11.5. The standard InChI is InChI=1S/C13H9Cl2NO3/c1-16(9(17)6-14)11-10(15)12(18)7-4-2-3-5-8(7)13(11)19/h2-5H,6H2,1H3. The highest BCUT2D eigenvalue weighted by molar-refractivity contribution is 6.50. The summed E-state index contributed by atoms with van der Waals surface area (Å²) in [6.45, 7) is 0. The fourth-order valence-electron chi connectivity index (χ4n) is 1.85. The Kier molecular flexibility index (Phi) is 3.73. The summed E-state index contributed by atoms with van der Waals surface area (Å²) in [5.41, 5.74) is 0.352. The Hall–Kier alpha value is -1.65. The number of allylic oxidation sites excluding steroid dienone is 2. The lowest BCUT2D eigenvalue weighted by Crippen LogP contribution is -2.35. The zero-order valence-electron chi connectivity index (χ0n) is 9.94. The number of Topliss-reactive ketones (excluding diaryl/α,β-unsaturated/α-hetero) is 2. The SMILES string of the molecule is CN(C(=O)CCl)C1=C(Cl)C(=O)c2ccccc2C1=O. The van der Waals surface area contributed by atoms with Gasteiger partial charge in [-0.1, -0.05) is 35.9 Å². The summed E-state index contributed by atoms with van der Waals surface area (Å²) in [6.07, 6.45) is 0. The van der Waals surface area contributed by atoms with Gasteiger partial charge in [0.2, 0.25) is 17.5 Å². The topological polar surface area (TPSA) is 54.5 Å². The molecule has 0 bridgehead atoms. The van der Waals surface area contributed by atoms with Crippen LogP contribution in [0.2, 0.25) is 0 Å². The Morgan fingerprint density at radius 1 is 1.16 bits per heavy atom. The Morgan fingerprint density at radius 3 is 2.21 bits per heavy atom. The lowest BCUT2D eigenvalue weighted by atomic mass is 9.92. The van der Waals surface area contributed by atoms with Crippen LogP contribution in [-0.2, 0) is 4.79 Å². The number of halogens is 2. The first-order valence-corrected chi connectivity index (χ1v) is 6.31. The zero-order chi connectivity index (χ0) is 14.2. The lowest BCUT2D eigenvalue weighted by Gasteiger charge is -2.24. The molecule has 1 aliphatic carbocycles. The van der Waals surface area contributed by atoms with Crippen molar-refractivity contribution in [2.75, 3.05) is 12.9 Å². The van der Waals surface area contributed by atoms with E-state index in [0.29, 0.717) is 0 Å². The molecule has 0 aliphatic heterocycles. The van der Waals surface area contributed by atoms with Crippen molar-refractivity contribution >= 4 is 40.7 Å². The molecule has 0 radical (unpaired) electrons. The van der Waals surface area contributed by atoms with Crippen molar-refractivity contribution in [1.82, 2.24) is 4.90 Å². The number of carbonyl (C=O) groups excluding carboxylic acids is 3. The molecule has 0 unspecified atom stereocenters. The third-order valence-electron chi connectivity index (χ3n) is 2.86. The fraction of sp³-hybridized carbons (Fsp3) is 0.154. The van der Waals surface area contributed by atoms with Crippen LogP contribution in [0.25, 0.3) is 0 Å². The highest BCUT2D eigenvalue weighted by Crippen LogP contribution is 2.29. The smallest absolute Gasteiger partial charge is 0.241 e. The first-order valence-electron chi connectivity index (χ1n) is 5.39. The molecule has 0 heterocycles. The molecule has 4 nitrogen and oxygen atoms in total. The van der Waals surface area contributed by atoms with Gasteiger partial charge in [-0.3, -0.25) is 14.4 Å². The third kappa shape index (κ3) is 2.17. The summed E-state index contributed by atoms with van der Waals surface area (Å²) in [5, 5.41) is -0.260. The third-order valence-corrected chi connectivity index (χ3v) is 3.44. The van der Waals surface area contributed by atoms with Gasteiger partial charge in [0.1, 0.15) is 16.6 Å². The van der Waals surface area contributed by atoms with Crippen LogP contribution in [0.5, 0.6) is 0 Å². The molecule has 0 spiro atoms.